The van der Waals surface area contributed by atoms with E-state index in [-0.39, 0.29) is 0 Å². The van der Waals surface area contributed by atoms with Gasteiger partial charge in [-0.05, 0) is 31.5 Å². The standard InChI is InChI=1S/C15H20N2OS/c1-2-14(15-17-10-12-19-15)16-9-6-11-18-13-7-4-3-5-8-13/h3-5,7-8,10,12,14,16H,2,6,9,11H2,1H3. The van der Waals surface area contributed by atoms with Gasteiger partial charge in [0.05, 0.1) is 12.6 Å². The number of rotatable bonds is 8. The molecule has 1 heterocycles. The molecule has 0 saturated heterocycles. The van der Waals surface area contributed by atoms with Gasteiger partial charge in [-0.3, -0.25) is 0 Å². The molecule has 0 saturated carbocycles. The first kappa shape index (κ1) is 14.0. The van der Waals surface area contributed by atoms with E-state index in [1.165, 1.54) is 5.01 Å². The fourth-order valence-corrected chi connectivity index (χ4v) is 2.67. The number of hydrogen-bond donors (Lipinski definition) is 1. The van der Waals surface area contributed by atoms with Crippen molar-refractivity contribution in [3.63, 3.8) is 0 Å². The lowest BCUT2D eigenvalue weighted by molar-refractivity contribution is 0.304. The van der Waals surface area contributed by atoms with Gasteiger partial charge in [-0.15, -0.1) is 11.3 Å². The highest BCUT2D eigenvalue weighted by atomic mass is 32.1. The molecule has 2 aromatic rings. The maximum Gasteiger partial charge on any atom is 0.119 e. The molecule has 0 aliphatic rings. The zero-order valence-corrected chi connectivity index (χ0v) is 12.0. The first-order valence-corrected chi connectivity index (χ1v) is 7.58. The van der Waals surface area contributed by atoms with Gasteiger partial charge >= 0.3 is 0 Å². The minimum Gasteiger partial charge on any atom is -0.494 e. The molecule has 102 valence electrons. The summed E-state index contributed by atoms with van der Waals surface area (Å²) in [5.74, 6) is 0.939. The van der Waals surface area contributed by atoms with Gasteiger partial charge in [-0.1, -0.05) is 25.1 Å². The van der Waals surface area contributed by atoms with E-state index >= 15 is 0 Å². The summed E-state index contributed by atoms with van der Waals surface area (Å²) in [4.78, 5) is 4.36. The summed E-state index contributed by atoms with van der Waals surface area (Å²) in [6.45, 7) is 3.87. The van der Waals surface area contributed by atoms with Crippen LogP contribution in [0.4, 0.5) is 0 Å². The van der Waals surface area contributed by atoms with Gasteiger partial charge in [0, 0.05) is 11.6 Å². The second-order valence-electron chi connectivity index (χ2n) is 4.30. The molecule has 19 heavy (non-hydrogen) atoms. The molecule has 1 N–H and O–H groups in total. The van der Waals surface area contributed by atoms with E-state index in [4.69, 9.17) is 4.74 Å². The number of benzene rings is 1. The van der Waals surface area contributed by atoms with E-state index < -0.39 is 0 Å². The van der Waals surface area contributed by atoms with Crippen molar-refractivity contribution in [3.05, 3.63) is 46.9 Å². The van der Waals surface area contributed by atoms with E-state index in [0.717, 1.165) is 31.7 Å². The van der Waals surface area contributed by atoms with Crippen LogP contribution in [0.1, 0.15) is 30.8 Å². The van der Waals surface area contributed by atoms with Crippen molar-refractivity contribution in [2.45, 2.75) is 25.8 Å². The Morgan fingerprint density at radius 2 is 2.16 bits per heavy atom. The maximum atomic E-state index is 5.66. The Labute approximate surface area is 118 Å². The van der Waals surface area contributed by atoms with Gasteiger partial charge in [0.2, 0.25) is 0 Å². The van der Waals surface area contributed by atoms with Gasteiger partial charge in [-0.2, -0.15) is 0 Å². The monoisotopic (exact) mass is 276 g/mol. The molecular formula is C15H20N2OS. The number of nitrogens with zero attached hydrogens (tertiary/aromatic N) is 1. The van der Waals surface area contributed by atoms with E-state index in [1.54, 1.807) is 11.3 Å². The Morgan fingerprint density at radius 1 is 1.32 bits per heavy atom. The van der Waals surface area contributed by atoms with Crippen LogP contribution in [0.15, 0.2) is 41.9 Å². The molecule has 0 spiro atoms. The molecule has 1 atom stereocenters. The zero-order valence-electron chi connectivity index (χ0n) is 11.2. The fraction of sp³-hybridized carbons (Fsp3) is 0.400. The Morgan fingerprint density at radius 3 is 2.84 bits per heavy atom. The van der Waals surface area contributed by atoms with Gasteiger partial charge in [0.15, 0.2) is 0 Å². The van der Waals surface area contributed by atoms with E-state index in [1.807, 2.05) is 41.9 Å². The quantitative estimate of drug-likeness (QED) is 0.747. The van der Waals surface area contributed by atoms with Gasteiger partial charge in [0.1, 0.15) is 10.8 Å². The molecule has 3 nitrogen and oxygen atoms in total. The van der Waals surface area contributed by atoms with Crippen LogP contribution >= 0.6 is 11.3 Å². The summed E-state index contributed by atoms with van der Waals surface area (Å²) in [6.07, 6.45) is 3.92. The lowest BCUT2D eigenvalue weighted by atomic mass is 10.2. The molecule has 1 aromatic heterocycles. The van der Waals surface area contributed by atoms with Crippen molar-refractivity contribution in [1.82, 2.24) is 10.3 Å². The minimum atomic E-state index is 0.372. The molecule has 0 bridgehead atoms. The summed E-state index contributed by atoms with van der Waals surface area (Å²) in [5, 5.41) is 6.72. The third-order valence-corrected chi connectivity index (χ3v) is 3.77. The minimum absolute atomic E-state index is 0.372. The number of aromatic nitrogens is 1. The third kappa shape index (κ3) is 4.65. The molecule has 0 radical (unpaired) electrons. The largest absolute Gasteiger partial charge is 0.494 e. The van der Waals surface area contributed by atoms with Gasteiger partial charge in [-0.25, -0.2) is 4.98 Å². The first-order valence-electron chi connectivity index (χ1n) is 6.70. The predicted octanol–water partition coefficient (Wildman–Crippen LogP) is 3.65. The smallest absolute Gasteiger partial charge is 0.119 e. The number of para-hydroxylation sites is 1. The molecule has 4 heteroatoms. The molecule has 1 aromatic carbocycles. The van der Waals surface area contributed by atoms with Crippen LogP contribution in [0.25, 0.3) is 0 Å². The van der Waals surface area contributed by atoms with Crippen LogP contribution in [-0.4, -0.2) is 18.1 Å². The molecule has 1 unspecified atom stereocenters. The zero-order chi connectivity index (χ0) is 13.3. The van der Waals surface area contributed by atoms with Crippen LogP contribution in [0.3, 0.4) is 0 Å². The SMILES string of the molecule is CCC(NCCCOc1ccccc1)c1nccs1. The van der Waals surface area contributed by atoms with Crippen LogP contribution < -0.4 is 10.1 Å². The van der Waals surface area contributed by atoms with Gasteiger partial charge < -0.3 is 10.1 Å². The summed E-state index contributed by atoms with van der Waals surface area (Å²) >= 11 is 1.71. The molecule has 0 aliphatic heterocycles. The summed E-state index contributed by atoms with van der Waals surface area (Å²) in [6, 6.07) is 10.3. The van der Waals surface area contributed by atoms with Crippen molar-refractivity contribution in [2.24, 2.45) is 0 Å². The summed E-state index contributed by atoms with van der Waals surface area (Å²) < 4.78 is 5.66. The molecule has 0 amide bonds. The fourth-order valence-electron chi connectivity index (χ4n) is 1.87. The highest BCUT2D eigenvalue weighted by Gasteiger charge is 2.10. The molecular weight excluding hydrogens is 256 g/mol. The average Bonchev–Trinajstić information content (AvgIpc) is 2.98. The van der Waals surface area contributed by atoms with Gasteiger partial charge in [0.25, 0.3) is 0 Å². The number of hydrogen-bond acceptors (Lipinski definition) is 4. The Balaban J connectivity index is 1.64. The summed E-state index contributed by atoms with van der Waals surface area (Å²) in [5.41, 5.74) is 0. The van der Waals surface area contributed by atoms with Crippen LogP contribution in [0.5, 0.6) is 5.75 Å². The van der Waals surface area contributed by atoms with Crippen molar-refractivity contribution in [2.75, 3.05) is 13.2 Å². The topological polar surface area (TPSA) is 34.1 Å². The highest BCUT2D eigenvalue weighted by molar-refractivity contribution is 7.09. The number of ether oxygens (including phenoxy) is 1. The Kier molecular flexibility index (Phi) is 5.85. The number of thiazole rings is 1. The molecule has 0 aliphatic carbocycles. The van der Waals surface area contributed by atoms with Crippen molar-refractivity contribution in [3.8, 4) is 5.75 Å². The second kappa shape index (κ2) is 7.92. The average molecular weight is 276 g/mol. The Bertz CT molecular complexity index is 444. The van der Waals surface area contributed by atoms with Crippen LogP contribution in [0, 0.1) is 0 Å². The maximum absolute atomic E-state index is 5.66. The molecule has 0 fully saturated rings. The lowest BCUT2D eigenvalue weighted by Gasteiger charge is -2.14. The van der Waals surface area contributed by atoms with E-state index in [0.29, 0.717) is 6.04 Å². The van der Waals surface area contributed by atoms with Crippen LogP contribution in [-0.2, 0) is 0 Å². The summed E-state index contributed by atoms with van der Waals surface area (Å²) in [7, 11) is 0. The van der Waals surface area contributed by atoms with E-state index in [2.05, 4.69) is 17.2 Å². The Hall–Kier alpha value is -1.39. The third-order valence-electron chi connectivity index (χ3n) is 2.88. The molecule has 2 rings (SSSR count). The van der Waals surface area contributed by atoms with Crippen molar-refractivity contribution < 1.29 is 4.74 Å². The van der Waals surface area contributed by atoms with E-state index in [9.17, 15) is 0 Å². The van der Waals surface area contributed by atoms with Crippen LogP contribution in [0.2, 0.25) is 0 Å². The first-order chi connectivity index (χ1) is 9.40. The highest BCUT2D eigenvalue weighted by Crippen LogP contribution is 2.18. The lowest BCUT2D eigenvalue weighted by Crippen LogP contribution is -2.23. The number of nitrogens with one attached hydrogen (secondary N) is 1. The predicted molar refractivity (Wildman–Crippen MR) is 79.7 cm³/mol. The van der Waals surface area contributed by atoms with Crippen molar-refractivity contribution in [1.29, 1.82) is 0 Å². The second-order valence-corrected chi connectivity index (χ2v) is 5.23. The van der Waals surface area contributed by atoms with Crippen molar-refractivity contribution >= 4 is 11.3 Å². The normalized spacial score (nSPS) is 12.3.